The van der Waals surface area contributed by atoms with Crippen LogP contribution in [0.5, 0.6) is 5.75 Å². The van der Waals surface area contributed by atoms with Crippen LogP contribution in [0.2, 0.25) is 0 Å². The number of carbonyl (C=O) groups is 1. The van der Waals surface area contributed by atoms with Gasteiger partial charge < -0.3 is 8.92 Å². The van der Waals surface area contributed by atoms with E-state index in [1.54, 1.807) is 0 Å². The van der Waals surface area contributed by atoms with E-state index >= 15 is 0 Å². The zero-order valence-corrected chi connectivity index (χ0v) is 13.0. The van der Waals surface area contributed by atoms with Crippen LogP contribution >= 0.6 is 0 Å². The smallest absolute Gasteiger partial charge is 0.465 e. The third kappa shape index (κ3) is 3.57. The van der Waals surface area contributed by atoms with E-state index < -0.39 is 38.5 Å². The van der Waals surface area contributed by atoms with Crippen molar-refractivity contribution in [1.82, 2.24) is 0 Å². The molecule has 0 bridgehead atoms. The number of halogens is 3. The van der Waals surface area contributed by atoms with Crippen molar-refractivity contribution in [3.8, 4) is 11.8 Å². The summed E-state index contributed by atoms with van der Waals surface area (Å²) in [7, 11) is -5.19. The van der Waals surface area contributed by atoms with Crippen molar-refractivity contribution in [3.05, 3.63) is 40.3 Å². The normalized spacial score (nSPS) is 12.4. The summed E-state index contributed by atoms with van der Waals surface area (Å²) >= 11 is 0. The summed E-state index contributed by atoms with van der Waals surface area (Å²) in [6, 6.07) is 2.43. The van der Waals surface area contributed by atoms with Gasteiger partial charge in [0.05, 0.1) is 12.7 Å². The molecule has 0 spiro atoms. The molecular formula is C14H10F3NO5S. The van der Waals surface area contributed by atoms with Crippen molar-refractivity contribution in [1.29, 1.82) is 5.26 Å². The largest absolute Gasteiger partial charge is 0.534 e. The number of nitrogens with zero attached hydrogens (tertiary/aromatic N) is 1. The van der Waals surface area contributed by atoms with Gasteiger partial charge in [-0.25, -0.2) is 4.79 Å². The number of nitriles is 1. The third-order valence-electron chi connectivity index (χ3n) is 2.68. The number of alkyl halides is 3. The zero-order valence-electron chi connectivity index (χ0n) is 12.2. The highest BCUT2D eigenvalue weighted by atomic mass is 32.2. The predicted molar refractivity (Wildman–Crippen MR) is 77.5 cm³/mol. The number of allylic oxidation sites excluding steroid dienone is 1. The Balaban J connectivity index is 3.96. The number of hydrogen-bond acceptors (Lipinski definition) is 6. The lowest BCUT2D eigenvalue weighted by molar-refractivity contribution is -0.0500. The zero-order chi connectivity index (χ0) is 18.7. The summed E-state index contributed by atoms with van der Waals surface area (Å²) in [4.78, 5) is 11.9. The van der Waals surface area contributed by atoms with Gasteiger partial charge in [0.2, 0.25) is 0 Å². The first-order valence-corrected chi connectivity index (χ1v) is 7.38. The second-order valence-corrected chi connectivity index (χ2v) is 5.73. The van der Waals surface area contributed by atoms with Crippen LogP contribution in [0.15, 0.2) is 18.7 Å². The lowest BCUT2D eigenvalue weighted by Gasteiger charge is -2.14. The topological polar surface area (TPSA) is 93.5 Å². The van der Waals surface area contributed by atoms with Crippen LogP contribution in [0, 0.1) is 11.3 Å². The average molecular weight is 361 g/mol. The Bertz CT molecular complexity index is 943. The molecule has 0 aromatic heterocycles. The molecule has 0 saturated carbocycles. The van der Waals surface area contributed by atoms with Crippen LogP contribution in [-0.2, 0) is 14.9 Å². The number of hydrogen-bond donors (Lipinski definition) is 0. The maximum Gasteiger partial charge on any atom is 0.534 e. The quantitative estimate of drug-likeness (QED) is 0.450. The number of methoxy groups -OCH3 is 1. The molecule has 24 heavy (non-hydrogen) atoms. The fourth-order valence-electron chi connectivity index (χ4n) is 1.67. The van der Waals surface area contributed by atoms with E-state index in [-0.39, 0.29) is 10.4 Å². The molecule has 1 aromatic rings. The van der Waals surface area contributed by atoms with Crippen molar-refractivity contribution in [2.75, 3.05) is 7.11 Å². The van der Waals surface area contributed by atoms with Crippen LogP contribution in [0.1, 0.15) is 15.9 Å². The summed E-state index contributed by atoms with van der Waals surface area (Å²) in [6.45, 7) is 6.92. The van der Waals surface area contributed by atoms with Crippen LogP contribution in [0.3, 0.4) is 0 Å². The van der Waals surface area contributed by atoms with Crippen LogP contribution in [-0.4, -0.2) is 27.0 Å². The standard InChI is InChI=1S/C14H10F3NO5S/c1-4-5-10-8(2)6-9(7-18)12(11(10)13(19)22-3)23-24(20,21)14(15,16)17/h4-6H,1-2H2,3H3/b10-5+. The van der Waals surface area contributed by atoms with E-state index in [1.165, 1.54) is 18.2 Å². The van der Waals surface area contributed by atoms with Crippen LogP contribution in [0.4, 0.5) is 13.2 Å². The average Bonchev–Trinajstić information content (AvgIpc) is 2.48. The van der Waals surface area contributed by atoms with Gasteiger partial charge in [0.25, 0.3) is 0 Å². The molecule has 0 fully saturated rings. The molecule has 0 N–H and O–H groups in total. The maximum absolute atomic E-state index is 12.5. The van der Waals surface area contributed by atoms with Gasteiger partial charge in [-0.3, -0.25) is 0 Å². The fraction of sp³-hybridized carbons (Fsp3) is 0.143. The Labute approximate surface area is 134 Å². The maximum atomic E-state index is 12.5. The number of benzene rings is 1. The molecule has 0 aliphatic rings. The summed E-state index contributed by atoms with van der Waals surface area (Å²) in [5.74, 6) is -2.31. The van der Waals surface area contributed by atoms with E-state index in [0.717, 1.165) is 13.2 Å². The van der Waals surface area contributed by atoms with Gasteiger partial charge in [0.15, 0.2) is 5.75 Å². The summed E-state index contributed by atoms with van der Waals surface area (Å²) < 4.78 is 68.6. The van der Waals surface area contributed by atoms with E-state index in [9.17, 15) is 26.4 Å². The number of esters is 1. The minimum atomic E-state index is -6.11. The molecule has 0 heterocycles. The van der Waals surface area contributed by atoms with Crippen molar-refractivity contribution >= 4 is 28.7 Å². The van der Waals surface area contributed by atoms with Gasteiger partial charge in [0, 0.05) is 0 Å². The Hall–Kier alpha value is -2.80. The Morgan fingerprint density at radius 2 is 2.00 bits per heavy atom. The van der Waals surface area contributed by atoms with Gasteiger partial charge >= 0.3 is 21.6 Å². The molecule has 0 aliphatic carbocycles. The molecule has 0 atom stereocenters. The third-order valence-corrected chi connectivity index (χ3v) is 3.63. The van der Waals surface area contributed by atoms with Gasteiger partial charge in [-0.1, -0.05) is 25.3 Å². The Morgan fingerprint density at radius 1 is 1.42 bits per heavy atom. The highest BCUT2D eigenvalue weighted by molar-refractivity contribution is 7.88. The predicted octanol–water partition coefficient (Wildman–Crippen LogP) is 0.950. The second-order valence-electron chi connectivity index (χ2n) is 4.19. The summed E-state index contributed by atoms with van der Waals surface area (Å²) in [5.41, 5.74) is -7.07. The van der Waals surface area contributed by atoms with Crippen LogP contribution < -0.4 is 14.6 Å². The van der Waals surface area contributed by atoms with E-state index in [2.05, 4.69) is 22.1 Å². The molecule has 6 nitrogen and oxygen atoms in total. The van der Waals surface area contributed by atoms with Gasteiger partial charge in [0.1, 0.15) is 11.6 Å². The number of carbonyl (C=O) groups excluding carboxylic acids is 1. The lowest BCUT2D eigenvalue weighted by atomic mass is 10.0. The Kier molecular flexibility index (Phi) is 5.42. The van der Waals surface area contributed by atoms with Gasteiger partial charge in [-0.15, -0.1) is 0 Å². The lowest BCUT2D eigenvalue weighted by Crippen LogP contribution is -2.35. The summed E-state index contributed by atoms with van der Waals surface area (Å²) in [5, 5.41) is 8.99. The molecule has 0 amide bonds. The first kappa shape index (κ1) is 19.2. The number of ether oxygens (including phenoxy) is 1. The van der Waals surface area contributed by atoms with Crippen molar-refractivity contribution in [2.45, 2.75) is 5.51 Å². The van der Waals surface area contributed by atoms with Crippen molar-refractivity contribution in [3.63, 3.8) is 0 Å². The van der Waals surface area contributed by atoms with Crippen molar-refractivity contribution < 1.29 is 35.3 Å². The van der Waals surface area contributed by atoms with E-state index in [1.807, 2.05) is 0 Å². The Morgan fingerprint density at radius 3 is 2.42 bits per heavy atom. The summed E-state index contributed by atoms with van der Waals surface area (Å²) in [6.07, 6.45) is 2.37. The van der Waals surface area contributed by atoms with E-state index in [4.69, 9.17) is 5.26 Å². The SMILES string of the molecule is C=C/C=c1/c(C(=O)OC)c(OS(=O)(=O)C(F)(F)F)c(C#N)cc1=C. The first-order valence-electron chi connectivity index (χ1n) is 5.98. The van der Waals surface area contributed by atoms with Crippen LogP contribution in [0.25, 0.3) is 12.7 Å². The minimum Gasteiger partial charge on any atom is -0.465 e. The van der Waals surface area contributed by atoms with Crippen molar-refractivity contribution in [2.24, 2.45) is 0 Å². The second kappa shape index (κ2) is 6.76. The molecule has 0 saturated heterocycles. The monoisotopic (exact) mass is 361 g/mol. The highest BCUT2D eigenvalue weighted by Crippen LogP contribution is 2.30. The molecular weight excluding hydrogens is 351 g/mol. The first-order chi connectivity index (χ1) is 11.0. The molecule has 128 valence electrons. The molecule has 10 heteroatoms. The van der Waals surface area contributed by atoms with Gasteiger partial charge in [-0.05, 0) is 16.5 Å². The molecule has 0 radical (unpaired) electrons. The number of rotatable bonds is 4. The minimum absolute atomic E-state index is 0.0589. The fourth-order valence-corrected chi connectivity index (χ4v) is 2.16. The molecule has 0 aliphatic heterocycles. The molecule has 1 aromatic carbocycles. The van der Waals surface area contributed by atoms with Gasteiger partial charge in [-0.2, -0.15) is 26.9 Å². The van der Waals surface area contributed by atoms with E-state index in [0.29, 0.717) is 0 Å². The molecule has 1 rings (SSSR count). The highest BCUT2D eigenvalue weighted by Gasteiger charge is 2.49. The molecule has 0 unspecified atom stereocenters.